The van der Waals surface area contributed by atoms with Gasteiger partial charge in [-0.15, -0.1) is 0 Å². The Morgan fingerprint density at radius 3 is 2.81 bits per heavy atom. The third-order valence-corrected chi connectivity index (χ3v) is 6.59. The van der Waals surface area contributed by atoms with Gasteiger partial charge in [0, 0.05) is 42.8 Å². The van der Waals surface area contributed by atoms with Crippen molar-refractivity contribution >= 4 is 27.5 Å². The number of halogens is 1. The van der Waals surface area contributed by atoms with Crippen molar-refractivity contribution in [2.45, 2.75) is 18.5 Å². The average Bonchev–Trinajstić information content (AvgIpc) is 3.08. The van der Waals surface area contributed by atoms with Gasteiger partial charge in [0.2, 0.25) is 5.91 Å². The lowest BCUT2D eigenvalue weighted by Gasteiger charge is -2.44. The number of carbonyl (C=O) groups is 1. The number of anilines is 1. The normalized spacial score (nSPS) is 28.8. The van der Waals surface area contributed by atoms with Crippen LogP contribution in [0.1, 0.15) is 18.0 Å². The second-order valence-electron chi connectivity index (χ2n) is 7.44. The second-order valence-corrected chi connectivity index (χ2v) is 8.35. The molecule has 0 bridgehead atoms. The molecule has 3 heterocycles. The highest BCUT2D eigenvalue weighted by atomic mass is 79.9. The van der Waals surface area contributed by atoms with Gasteiger partial charge in [-0.3, -0.25) is 9.69 Å². The summed E-state index contributed by atoms with van der Waals surface area (Å²) in [6, 6.07) is 6.34. The zero-order chi connectivity index (χ0) is 18.3. The summed E-state index contributed by atoms with van der Waals surface area (Å²) in [4.78, 5) is 19.5. The van der Waals surface area contributed by atoms with Gasteiger partial charge in [-0.05, 0) is 30.2 Å². The van der Waals surface area contributed by atoms with Crippen LogP contribution in [-0.2, 0) is 9.53 Å². The molecule has 0 radical (unpaired) electrons. The van der Waals surface area contributed by atoms with Crippen LogP contribution in [0.3, 0.4) is 0 Å². The molecule has 142 valence electrons. The topological polar surface area (TPSA) is 56.2 Å². The number of ether oxygens (including phenoxy) is 1. The van der Waals surface area contributed by atoms with Gasteiger partial charge in [0.15, 0.2) is 0 Å². The van der Waals surface area contributed by atoms with E-state index in [-0.39, 0.29) is 30.5 Å². The molecule has 1 aromatic carbocycles. The maximum atomic E-state index is 13.1. The molecule has 1 aromatic rings. The number of rotatable bonds is 3. The number of nitrogens with zero attached hydrogens (tertiary/aromatic N) is 3. The van der Waals surface area contributed by atoms with E-state index < -0.39 is 0 Å². The second kappa shape index (κ2) is 7.46. The number of likely N-dealkylation sites (N-methyl/N-ethyl adjacent to an activating group) is 1. The number of hydrogen-bond donors (Lipinski definition) is 1. The SMILES string of the molecule is CN1c2ccc(Br)cc2[C@H]2[C@H](CCN2C(=O)CN2CCOCC2)[C@@H]1CO. The highest BCUT2D eigenvalue weighted by molar-refractivity contribution is 9.10. The van der Waals surface area contributed by atoms with Crippen molar-refractivity contribution in [3.63, 3.8) is 0 Å². The maximum Gasteiger partial charge on any atom is 0.237 e. The molecule has 26 heavy (non-hydrogen) atoms. The minimum absolute atomic E-state index is 0.0457. The standard InChI is InChI=1S/C19H26BrN3O3/c1-21-16-3-2-13(20)10-15(16)19-14(17(21)12-24)4-5-23(19)18(25)11-22-6-8-26-9-7-22/h2-3,10,14,17,19,24H,4-9,11-12H2,1H3/t14-,17+,19-/m1/s1. The molecular formula is C19H26BrN3O3. The van der Waals surface area contributed by atoms with Gasteiger partial charge in [-0.25, -0.2) is 0 Å². The Labute approximate surface area is 162 Å². The van der Waals surface area contributed by atoms with Crippen LogP contribution in [0, 0.1) is 5.92 Å². The summed E-state index contributed by atoms with van der Waals surface area (Å²) in [5.74, 6) is 0.451. The Morgan fingerprint density at radius 1 is 1.31 bits per heavy atom. The van der Waals surface area contributed by atoms with Gasteiger partial charge in [0.05, 0.1) is 38.4 Å². The predicted molar refractivity (Wildman–Crippen MR) is 103 cm³/mol. The third-order valence-electron chi connectivity index (χ3n) is 6.09. The molecule has 0 saturated carbocycles. The minimum atomic E-state index is 0.0457. The molecule has 2 fully saturated rings. The van der Waals surface area contributed by atoms with Crippen LogP contribution < -0.4 is 4.90 Å². The number of morpholine rings is 1. The summed E-state index contributed by atoms with van der Waals surface area (Å²) < 4.78 is 6.41. The summed E-state index contributed by atoms with van der Waals surface area (Å²) in [6.07, 6.45) is 0.932. The van der Waals surface area contributed by atoms with Crippen LogP contribution >= 0.6 is 15.9 Å². The van der Waals surface area contributed by atoms with E-state index in [0.717, 1.165) is 36.2 Å². The van der Waals surface area contributed by atoms with Crippen LogP contribution in [0.4, 0.5) is 5.69 Å². The number of aliphatic hydroxyl groups excluding tert-OH is 1. The molecular weight excluding hydrogens is 398 g/mol. The highest BCUT2D eigenvalue weighted by Gasteiger charge is 2.47. The summed E-state index contributed by atoms with van der Waals surface area (Å²) >= 11 is 3.58. The lowest BCUT2D eigenvalue weighted by molar-refractivity contribution is -0.135. The molecule has 0 spiro atoms. The fourth-order valence-electron chi connectivity index (χ4n) is 4.75. The fraction of sp³-hybridized carbons (Fsp3) is 0.632. The van der Waals surface area contributed by atoms with Crippen LogP contribution in [0.15, 0.2) is 22.7 Å². The molecule has 3 aliphatic rings. The van der Waals surface area contributed by atoms with E-state index >= 15 is 0 Å². The van der Waals surface area contributed by atoms with E-state index in [1.165, 1.54) is 5.56 Å². The summed E-state index contributed by atoms with van der Waals surface area (Å²) in [6.45, 7) is 4.36. The van der Waals surface area contributed by atoms with Gasteiger partial charge in [-0.2, -0.15) is 0 Å². The van der Waals surface area contributed by atoms with Crippen LogP contribution in [0.2, 0.25) is 0 Å². The Kier molecular flexibility index (Phi) is 5.23. The summed E-state index contributed by atoms with van der Waals surface area (Å²) in [5, 5.41) is 10.00. The highest BCUT2D eigenvalue weighted by Crippen LogP contribution is 2.49. The summed E-state index contributed by atoms with van der Waals surface area (Å²) in [5.41, 5.74) is 2.30. The van der Waals surface area contributed by atoms with E-state index in [2.05, 4.69) is 37.9 Å². The van der Waals surface area contributed by atoms with E-state index in [1.54, 1.807) is 0 Å². The van der Waals surface area contributed by atoms with Crippen molar-refractivity contribution in [2.75, 3.05) is 57.9 Å². The number of hydrogen-bond acceptors (Lipinski definition) is 5. The maximum absolute atomic E-state index is 13.1. The van der Waals surface area contributed by atoms with E-state index in [4.69, 9.17) is 4.74 Å². The smallest absolute Gasteiger partial charge is 0.237 e. The molecule has 1 amide bonds. The first-order chi connectivity index (χ1) is 12.6. The first kappa shape index (κ1) is 18.2. The number of benzene rings is 1. The zero-order valence-corrected chi connectivity index (χ0v) is 16.7. The van der Waals surface area contributed by atoms with E-state index in [0.29, 0.717) is 19.8 Å². The molecule has 2 saturated heterocycles. The van der Waals surface area contributed by atoms with E-state index in [1.807, 2.05) is 18.0 Å². The number of amides is 1. The molecule has 3 atom stereocenters. The van der Waals surface area contributed by atoms with Crippen molar-refractivity contribution in [3.8, 4) is 0 Å². The Morgan fingerprint density at radius 2 is 2.08 bits per heavy atom. The zero-order valence-electron chi connectivity index (χ0n) is 15.1. The Bertz CT molecular complexity index is 680. The number of aliphatic hydroxyl groups is 1. The molecule has 4 rings (SSSR count). The molecule has 0 aliphatic carbocycles. The Balaban J connectivity index is 1.62. The largest absolute Gasteiger partial charge is 0.394 e. The van der Waals surface area contributed by atoms with Gasteiger partial charge in [0.1, 0.15) is 0 Å². The molecule has 7 heteroatoms. The first-order valence-electron chi connectivity index (χ1n) is 9.33. The molecule has 0 unspecified atom stereocenters. The monoisotopic (exact) mass is 423 g/mol. The number of carbonyl (C=O) groups excluding carboxylic acids is 1. The van der Waals surface area contributed by atoms with Crippen molar-refractivity contribution in [3.05, 3.63) is 28.2 Å². The molecule has 6 nitrogen and oxygen atoms in total. The van der Waals surface area contributed by atoms with Gasteiger partial charge < -0.3 is 19.6 Å². The van der Waals surface area contributed by atoms with Crippen molar-refractivity contribution in [1.82, 2.24) is 9.80 Å². The quantitative estimate of drug-likeness (QED) is 0.797. The lowest BCUT2D eigenvalue weighted by Crippen LogP contribution is -2.50. The van der Waals surface area contributed by atoms with Crippen LogP contribution in [-0.4, -0.2) is 79.9 Å². The molecule has 1 N–H and O–H groups in total. The van der Waals surface area contributed by atoms with Crippen molar-refractivity contribution in [2.24, 2.45) is 5.92 Å². The Hall–Kier alpha value is -1.15. The van der Waals surface area contributed by atoms with Gasteiger partial charge >= 0.3 is 0 Å². The summed E-state index contributed by atoms with van der Waals surface area (Å²) in [7, 11) is 2.04. The van der Waals surface area contributed by atoms with Gasteiger partial charge in [0.25, 0.3) is 0 Å². The van der Waals surface area contributed by atoms with E-state index in [9.17, 15) is 9.90 Å². The minimum Gasteiger partial charge on any atom is -0.394 e. The predicted octanol–water partition coefficient (Wildman–Crippen LogP) is 1.48. The third kappa shape index (κ3) is 3.15. The number of fused-ring (bicyclic) bond motifs is 3. The van der Waals surface area contributed by atoms with Gasteiger partial charge in [-0.1, -0.05) is 15.9 Å². The van der Waals surface area contributed by atoms with Crippen LogP contribution in [0.5, 0.6) is 0 Å². The first-order valence-corrected chi connectivity index (χ1v) is 10.1. The van der Waals surface area contributed by atoms with Crippen LogP contribution in [0.25, 0.3) is 0 Å². The lowest BCUT2D eigenvalue weighted by atomic mass is 9.82. The average molecular weight is 424 g/mol. The van der Waals surface area contributed by atoms with Crippen molar-refractivity contribution < 1.29 is 14.6 Å². The number of likely N-dealkylation sites (tertiary alicyclic amines) is 1. The fourth-order valence-corrected chi connectivity index (χ4v) is 5.12. The molecule has 3 aliphatic heterocycles. The molecule has 0 aromatic heterocycles. The van der Waals surface area contributed by atoms with Crippen molar-refractivity contribution in [1.29, 1.82) is 0 Å².